The van der Waals surface area contributed by atoms with E-state index >= 15 is 19.2 Å². The Bertz CT molecular complexity index is 4390. The summed E-state index contributed by atoms with van der Waals surface area (Å²) in [5.41, 5.74) is 29.2. The summed E-state index contributed by atoms with van der Waals surface area (Å²) in [5, 5.41) is 45.5. The summed E-state index contributed by atoms with van der Waals surface area (Å²) >= 11 is 0.905. The summed E-state index contributed by atoms with van der Waals surface area (Å²) in [4.78, 5) is 250. The number of para-hydroxylation sites is 1. The highest BCUT2D eigenvalue weighted by atomic mass is 32.2. The highest BCUT2D eigenvalue weighted by Crippen LogP contribution is 2.22. The van der Waals surface area contributed by atoms with E-state index in [1.807, 2.05) is 0 Å². The number of aromatic nitrogens is 1. The fraction of sp³-hybridized carbons (Fsp3) is 0.440. The first-order valence-electron chi connectivity index (χ1n) is 36.7. The number of primary amides is 5. The maximum atomic E-state index is 15.5. The molecule has 0 spiro atoms. The molecule has 0 saturated carbocycles. The van der Waals surface area contributed by atoms with Crippen molar-refractivity contribution in [3.8, 4) is 5.75 Å². The molecule has 620 valence electrons. The summed E-state index contributed by atoms with van der Waals surface area (Å²) in [6, 6.07) is 5.99. The molecule has 1 aliphatic heterocycles. The number of aliphatic hydroxyl groups excluding tert-OH is 1. The largest absolute Gasteiger partial charge is 0.497 e. The Balaban J connectivity index is 1.43. The van der Waals surface area contributed by atoms with Crippen LogP contribution in [0.4, 0.5) is 0 Å². The summed E-state index contributed by atoms with van der Waals surface area (Å²) in [7, 11) is 1.39. The Morgan fingerprint density at radius 3 is 1.67 bits per heavy atom. The Morgan fingerprint density at radius 1 is 0.539 bits per heavy atom. The van der Waals surface area contributed by atoms with E-state index in [-0.39, 0.29) is 50.3 Å². The Labute approximate surface area is 664 Å². The van der Waals surface area contributed by atoms with Gasteiger partial charge in [-0.3, -0.25) is 86.3 Å². The van der Waals surface area contributed by atoms with Gasteiger partial charge in [-0.15, -0.1) is 0 Å². The Hall–Kier alpha value is -12.7. The van der Waals surface area contributed by atoms with Crippen molar-refractivity contribution in [2.24, 2.45) is 28.7 Å². The number of nitrogens with two attached hydrogens (primary N) is 5. The van der Waals surface area contributed by atoms with Crippen molar-refractivity contribution >= 4 is 140 Å². The van der Waals surface area contributed by atoms with Crippen LogP contribution in [0.25, 0.3) is 21.7 Å². The van der Waals surface area contributed by atoms with Crippen LogP contribution in [0.2, 0.25) is 0 Å². The maximum Gasteiger partial charge on any atom is 0.245 e. The van der Waals surface area contributed by atoms with Crippen LogP contribution in [0.1, 0.15) is 102 Å². The third-order valence-electron chi connectivity index (χ3n) is 18.1. The summed E-state index contributed by atoms with van der Waals surface area (Å²) in [6.45, 7) is 2.88. The molecule has 1 aliphatic rings. The SMILES string of the molecule is COc1ccc(C[C@H](NC(=O)[C@@H]2CSCC[C@H](NC(C)=O)C(=O)N[C@@H](CCC(N)=O)C(=O)N[C@@H]([C@@H](C)O)C(=O)N[C@@H](Cc3c[nH]c4ccccc34)C(=O)N[C@@H](CCC(N)=O)C(=O)N2)C(=O)N[C@@H](Cc2ccc3ccccc3c2)C(=O)N[C@H](CC(N)=O)C(=O)N[C@@H](CCCCNC(C)=O)C(=O)N[C@@H](CC(N)=O)C(=O)NCC(N)=O)cc1. The van der Waals surface area contributed by atoms with Crippen LogP contribution in [0.3, 0.4) is 0 Å². The van der Waals surface area contributed by atoms with Crippen molar-refractivity contribution in [2.75, 3.05) is 31.7 Å². The second kappa shape index (κ2) is 45.1. The maximum absolute atomic E-state index is 15.5. The van der Waals surface area contributed by atoms with Crippen LogP contribution < -0.4 is 103 Å². The lowest BCUT2D eigenvalue weighted by atomic mass is 9.99. The number of carbonyl (C=O) groups excluding carboxylic acids is 18. The van der Waals surface area contributed by atoms with Gasteiger partial charge in [-0.25, -0.2) is 0 Å². The van der Waals surface area contributed by atoms with E-state index in [1.165, 1.54) is 26.2 Å². The monoisotopic (exact) mass is 1620 g/mol. The lowest BCUT2D eigenvalue weighted by Crippen LogP contribution is -2.62. The van der Waals surface area contributed by atoms with E-state index in [0.29, 0.717) is 38.7 Å². The first kappa shape index (κ1) is 91.1. The van der Waals surface area contributed by atoms with Crippen LogP contribution in [-0.2, 0) is 106 Å². The molecule has 1 saturated heterocycles. The minimum absolute atomic E-state index is 0.0887. The molecule has 39 nitrogen and oxygen atoms in total. The number of amides is 18. The predicted molar refractivity (Wildman–Crippen MR) is 416 cm³/mol. The van der Waals surface area contributed by atoms with Crippen molar-refractivity contribution in [2.45, 2.75) is 177 Å². The van der Waals surface area contributed by atoms with Gasteiger partial charge in [-0.2, -0.15) is 11.8 Å². The molecule has 25 N–H and O–H groups in total. The van der Waals surface area contributed by atoms with Crippen molar-refractivity contribution < 1.29 is 96.1 Å². The number of thioether (sulfide) groups is 1. The molecule has 18 amide bonds. The van der Waals surface area contributed by atoms with Gasteiger partial charge >= 0.3 is 0 Å². The number of hydrogen-bond acceptors (Lipinski definition) is 21. The van der Waals surface area contributed by atoms with Gasteiger partial charge in [0.25, 0.3) is 0 Å². The average molecular weight is 1620 g/mol. The van der Waals surface area contributed by atoms with Crippen LogP contribution in [0.15, 0.2) is 97.2 Å². The normalized spacial score (nSPS) is 18.6. The lowest BCUT2D eigenvalue weighted by Gasteiger charge is -2.29. The second-order valence-electron chi connectivity index (χ2n) is 27.4. The van der Waals surface area contributed by atoms with E-state index in [2.05, 4.69) is 74.1 Å². The summed E-state index contributed by atoms with van der Waals surface area (Å²) < 4.78 is 5.38. The van der Waals surface area contributed by atoms with Gasteiger partial charge < -0.3 is 113 Å². The van der Waals surface area contributed by atoms with Crippen LogP contribution in [-0.4, -0.2) is 221 Å². The molecule has 2 heterocycles. The number of unbranched alkanes of at least 4 members (excludes halogenated alkanes) is 1. The number of H-pyrrole nitrogens is 1. The molecule has 0 radical (unpaired) electrons. The molecule has 115 heavy (non-hydrogen) atoms. The van der Waals surface area contributed by atoms with Crippen molar-refractivity contribution in [3.63, 3.8) is 0 Å². The molecule has 1 aromatic heterocycles. The standard InChI is InChI=1S/C75H99N19O20S/c1-38(95)64-75(113)92-55(32-45-35-82-48-14-8-7-13-47(45)48)72(110)87-50(22-24-59(76)98)67(105)93-58(37-115-28-26-52(84-40(3)97)68(106)86-51(69(107)94-64)23-25-60(77)99)74(112)89-53(30-41-17-20-46(114-4)21-18-41)70(108)88-54(31-42-16-19-43-11-5-6-12-44(43)29-42)71(109)91-57(34-62(79)101)73(111)85-49(15-9-10-27-81-39(2)96)66(104)90-56(33-61(78)100)65(103)83-36-63(80)102/h5-8,11-14,16-21,29,35,38,49-58,64,82,95H,9-10,15,22-28,30-34,36-37H2,1-4H3,(H2,76,98)(H2,77,99)(H2,78,100)(H2,79,101)(H2,80,102)(H,81,96)(H,83,103)(H,84,97)(H,85,111)(H,86,106)(H,87,110)(H,88,108)(H,89,112)(H,90,104)(H,91,109)(H,92,113)(H,93,105)(H,94,107)/t38-,49+,50+,51+,52+,53+,54+,55+,56+,57-,58+,64+/m1/s1. The first-order chi connectivity index (χ1) is 54.6. The van der Waals surface area contributed by atoms with Gasteiger partial charge in [0.05, 0.1) is 32.6 Å². The molecular formula is C75H99N19O20S. The third-order valence-corrected chi connectivity index (χ3v) is 19.2. The number of nitrogens with one attached hydrogen (secondary N) is 14. The number of hydrogen-bond donors (Lipinski definition) is 20. The van der Waals surface area contributed by atoms with Gasteiger partial charge in [0, 0.05) is 75.3 Å². The number of carbonyl (C=O) groups is 18. The molecular weight excluding hydrogens is 1520 g/mol. The zero-order valence-electron chi connectivity index (χ0n) is 63.7. The van der Waals surface area contributed by atoms with Gasteiger partial charge in [0.2, 0.25) is 106 Å². The van der Waals surface area contributed by atoms with Gasteiger partial charge in [-0.1, -0.05) is 72.8 Å². The van der Waals surface area contributed by atoms with Crippen LogP contribution in [0.5, 0.6) is 5.75 Å². The molecule has 40 heteroatoms. The zero-order valence-corrected chi connectivity index (χ0v) is 64.5. The number of aliphatic hydroxyl groups is 1. The number of benzene rings is 4. The van der Waals surface area contributed by atoms with Crippen molar-refractivity contribution in [3.05, 3.63) is 114 Å². The van der Waals surface area contributed by atoms with Gasteiger partial charge in [-0.05, 0) is 96.9 Å². The van der Waals surface area contributed by atoms with Crippen molar-refractivity contribution in [1.29, 1.82) is 0 Å². The van der Waals surface area contributed by atoms with E-state index < -0.39 is 237 Å². The van der Waals surface area contributed by atoms with E-state index in [0.717, 1.165) is 31.0 Å². The van der Waals surface area contributed by atoms with E-state index in [1.54, 1.807) is 85.1 Å². The number of ether oxygens (including phenoxy) is 1. The average Bonchev–Trinajstić information content (AvgIpc) is 1.69. The number of aromatic amines is 1. The van der Waals surface area contributed by atoms with Gasteiger partial charge in [0.1, 0.15) is 72.2 Å². The van der Waals surface area contributed by atoms with Crippen molar-refractivity contribution in [1.82, 2.24) is 74.1 Å². The lowest BCUT2D eigenvalue weighted by molar-refractivity contribution is -0.137. The fourth-order valence-corrected chi connectivity index (χ4v) is 13.2. The topological polar surface area (TPSA) is 639 Å². The Morgan fingerprint density at radius 2 is 1.07 bits per heavy atom. The predicted octanol–water partition coefficient (Wildman–Crippen LogP) is -5.58. The van der Waals surface area contributed by atoms with E-state index in [4.69, 9.17) is 33.4 Å². The third kappa shape index (κ3) is 30.4. The quantitative estimate of drug-likeness (QED) is 0.0165. The fourth-order valence-electron chi connectivity index (χ4n) is 12.2. The minimum atomic E-state index is -1.96. The molecule has 5 aromatic rings. The van der Waals surface area contributed by atoms with E-state index in [9.17, 15) is 72.2 Å². The van der Waals surface area contributed by atoms with Gasteiger partial charge in [0.15, 0.2) is 0 Å². The Kier molecular flexibility index (Phi) is 35.7. The van der Waals surface area contributed by atoms with Crippen LogP contribution in [0, 0.1) is 0 Å². The summed E-state index contributed by atoms with van der Waals surface area (Å²) in [5.74, 6) is -18.7. The number of rotatable bonds is 37. The first-order valence-corrected chi connectivity index (χ1v) is 37.9. The summed E-state index contributed by atoms with van der Waals surface area (Å²) in [6.07, 6.45) is -5.39. The molecule has 4 aromatic carbocycles. The smallest absolute Gasteiger partial charge is 0.245 e. The number of methoxy groups -OCH3 is 1. The molecule has 1 fully saturated rings. The second-order valence-corrected chi connectivity index (χ2v) is 28.6. The molecule has 0 unspecified atom stereocenters. The minimum Gasteiger partial charge on any atom is -0.497 e. The van der Waals surface area contributed by atoms with Crippen LogP contribution >= 0.6 is 11.8 Å². The molecule has 0 bridgehead atoms. The highest BCUT2D eigenvalue weighted by molar-refractivity contribution is 7.99. The number of fused-ring (bicyclic) bond motifs is 2. The highest BCUT2D eigenvalue weighted by Gasteiger charge is 2.39. The molecule has 6 rings (SSSR count). The molecule has 12 atom stereocenters. The molecule has 0 aliphatic carbocycles. The zero-order chi connectivity index (χ0) is 84.6.